The third kappa shape index (κ3) is 3.49. The number of rotatable bonds is 2. The van der Waals surface area contributed by atoms with Crippen LogP contribution in [-0.2, 0) is 0 Å². The second-order valence-corrected chi connectivity index (χ2v) is 5.53. The molecule has 0 aromatic rings. The molecule has 1 aliphatic heterocycles. The number of hydrogen-bond acceptors (Lipinski definition) is 3. The number of aliphatic hydroxyl groups excluding tert-OH is 1. The molecule has 13 heavy (non-hydrogen) atoms. The maximum atomic E-state index is 9.48. The van der Waals surface area contributed by atoms with Crippen LogP contribution in [0.3, 0.4) is 0 Å². The van der Waals surface area contributed by atoms with Crippen LogP contribution >= 0.6 is 11.8 Å². The number of nitrogens with zero attached hydrogens (tertiary/aromatic N) is 1. The molecular weight excluding hydrogens is 182 g/mol. The fourth-order valence-corrected chi connectivity index (χ4v) is 2.64. The van der Waals surface area contributed by atoms with Gasteiger partial charge in [-0.25, -0.2) is 0 Å². The molecule has 0 radical (unpaired) electrons. The predicted octanol–water partition coefficient (Wildman–Crippen LogP) is 1.58. The molecule has 0 bridgehead atoms. The van der Waals surface area contributed by atoms with Crippen molar-refractivity contribution < 1.29 is 5.11 Å². The molecule has 1 rings (SSSR count). The molecule has 0 spiro atoms. The molecule has 1 heterocycles. The monoisotopic (exact) mass is 203 g/mol. The molecule has 0 aromatic carbocycles. The van der Waals surface area contributed by atoms with Gasteiger partial charge < -0.3 is 5.11 Å². The Bertz CT molecular complexity index is 152. The van der Waals surface area contributed by atoms with Gasteiger partial charge in [0.1, 0.15) is 0 Å². The summed E-state index contributed by atoms with van der Waals surface area (Å²) in [5.74, 6) is 1.21. The van der Waals surface area contributed by atoms with Crippen LogP contribution in [0, 0.1) is 0 Å². The average molecular weight is 203 g/mol. The average Bonchev–Trinajstić information content (AvgIpc) is 2.28. The first-order valence-corrected chi connectivity index (χ1v) is 6.20. The summed E-state index contributed by atoms with van der Waals surface area (Å²) in [6, 6.07) is 0.311. The summed E-state index contributed by atoms with van der Waals surface area (Å²) in [7, 11) is 0. The van der Waals surface area contributed by atoms with Crippen LogP contribution in [0.2, 0.25) is 0 Å². The summed E-state index contributed by atoms with van der Waals surface area (Å²) in [5.41, 5.74) is 0. The van der Waals surface area contributed by atoms with Gasteiger partial charge in [-0.1, -0.05) is 6.92 Å². The number of hydrogen-bond donors (Lipinski definition) is 1. The van der Waals surface area contributed by atoms with E-state index in [1.807, 2.05) is 18.7 Å². The van der Waals surface area contributed by atoms with Crippen LogP contribution < -0.4 is 0 Å². The summed E-state index contributed by atoms with van der Waals surface area (Å²) in [5, 5.41) is 10.3. The molecule has 1 aliphatic rings. The van der Waals surface area contributed by atoms with Crippen LogP contribution in [-0.4, -0.2) is 46.2 Å². The van der Waals surface area contributed by atoms with E-state index in [2.05, 4.69) is 18.7 Å². The highest BCUT2D eigenvalue weighted by atomic mass is 32.2. The van der Waals surface area contributed by atoms with E-state index in [-0.39, 0.29) is 6.10 Å². The molecular formula is C10H21NOS. The van der Waals surface area contributed by atoms with E-state index in [0.717, 1.165) is 18.3 Å². The fraction of sp³-hybridized carbons (Fsp3) is 1.00. The first-order valence-electron chi connectivity index (χ1n) is 5.15. The second-order valence-electron chi connectivity index (χ2n) is 3.99. The largest absolute Gasteiger partial charge is 0.392 e. The smallest absolute Gasteiger partial charge is 0.0664 e. The van der Waals surface area contributed by atoms with Gasteiger partial charge in [0.05, 0.1) is 6.10 Å². The predicted molar refractivity (Wildman–Crippen MR) is 59.3 cm³/mol. The molecule has 0 saturated carbocycles. The van der Waals surface area contributed by atoms with Crippen molar-refractivity contribution in [3.8, 4) is 0 Å². The van der Waals surface area contributed by atoms with Gasteiger partial charge in [0.2, 0.25) is 0 Å². The van der Waals surface area contributed by atoms with Gasteiger partial charge in [-0.2, -0.15) is 11.8 Å². The molecule has 3 atom stereocenters. The Balaban J connectivity index is 2.41. The SMILES string of the molecule is CC1CCN(C(C)C(C)O)CCS1. The van der Waals surface area contributed by atoms with E-state index in [1.165, 1.54) is 12.2 Å². The van der Waals surface area contributed by atoms with Gasteiger partial charge in [-0.3, -0.25) is 4.90 Å². The molecule has 0 aromatic heterocycles. The maximum absolute atomic E-state index is 9.48. The van der Waals surface area contributed by atoms with Gasteiger partial charge >= 0.3 is 0 Å². The van der Waals surface area contributed by atoms with E-state index in [9.17, 15) is 5.11 Å². The number of thioether (sulfide) groups is 1. The summed E-state index contributed by atoms with van der Waals surface area (Å²) >= 11 is 2.05. The summed E-state index contributed by atoms with van der Waals surface area (Å²) < 4.78 is 0. The van der Waals surface area contributed by atoms with E-state index in [0.29, 0.717) is 6.04 Å². The highest BCUT2D eigenvalue weighted by Crippen LogP contribution is 2.20. The Morgan fingerprint density at radius 2 is 2.08 bits per heavy atom. The molecule has 3 unspecified atom stereocenters. The summed E-state index contributed by atoms with van der Waals surface area (Å²) in [6.07, 6.45) is 1.04. The normalized spacial score (nSPS) is 30.9. The van der Waals surface area contributed by atoms with Gasteiger partial charge in [0.25, 0.3) is 0 Å². The van der Waals surface area contributed by atoms with Gasteiger partial charge in [0.15, 0.2) is 0 Å². The van der Waals surface area contributed by atoms with Crippen LogP contribution in [0.4, 0.5) is 0 Å². The van der Waals surface area contributed by atoms with E-state index in [4.69, 9.17) is 0 Å². The first kappa shape index (κ1) is 11.3. The Labute approximate surface area is 85.7 Å². The summed E-state index contributed by atoms with van der Waals surface area (Å²) in [6.45, 7) is 8.56. The topological polar surface area (TPSA) is 23.5 Å². The highest BCUT2D eigenvalue weighted by molar-refractivity contribution is 7.99. The number of aliphatic hydroxyl groups is 1. The van der Waals surface area contributed by atoms with Crippen molar-refractivity contribution in [1.82, 2.24) is 4.90 Å². The van der Waals surface area contributed by atoms with Crippen molar-refractivity contribution in [1.29, 1.82) is 0 Å². The lowest BCUT2D eigenvalue weighted by Crippen LogP contribution is -2.41. The van der Waals surface area contributed by atoms with Crippen molar-refractivity contribution in [2.75, 3.05) is 18.8 Å². The molecule has 1 saturated heterocycles. The summed E-state index contributed by atoms with van der Waals surface area (Å²) in [4.78, 5) is 2.40. The van der Waals surface area contributed by atoms with Gasteiger partial charge in [-0.15, -0.1) is 0 Å². The quantitative estimate of drug-likeness (QED) is 0.737. The van der Waals surface area contributed by atoms with Crippen molar-refractivity contribution in [3.05, 3.63) is 0 Å². The van der Waals surface area contributed by atoms with Crippen LogP contribution in [0.25, 0.3) is 0 Å². The minimum Gasteiger partial charge on any atom is -0.392 e. The molecule has 78 valence electrons. The minimum atomic E-state index is -0.210. The van der Waals surface area contributed by atoms with Crippen LogP contribution in [0.1, 0.15) is 27.2 Å². The van der Waals surface area contributed by atoms with E-state index in [1.54, 1.807) is 0 Å². The second kappa shape index (κ2) is 5.23. The van der Waals surface area contributed by atoms with Crippen molar-refractivity contribution in [3.63, 3.8) is 0 Å². The highest BCUT2D eigenvalue weighted by Gasteiger charge is 2.21. The fourth-order valence-electron chi connectivity index (χ4n) is 1.63. The zero-order valence-electron chi connectivity index (χ0n) is 8.86. The Kier molecular flexibility index (Phi) is 4.56. The van der Waals surface area contributed by atoms with Crippen molar-refractivity contribution >= 4 is 11.8 Å². The third-order valence-electron chi connectivity index (χ3n) is 2.88. The molecule has 3 heteroatoms. The lowest BCUT2D eigenvalue weighted by atomic mass is 10.1. The zero-order chi connectivity index (χ0) is 9.84. The van der Waals surface area contributed by atoms with Crippen LogP contribution in [0.5, 0.6) is 0 Å². The lowest BCUT2D eigenvalue weighted by molar-refractivity contribution is 0.0750. The van der Waals surface area contributed by atoms with Crippen LogP contribution in [0.15, 0.2) is 0 Å². The zero-order valence-corrected chi connectivity index (χ0v) is 9.68. The first-order chi connectivity index (χ1) is 6.11. The van der Waals surface area contributed by atoms with Crippen molar-refractivity contribution in [2.45, 2.75) is 44.6 Å². The standard InChI is InChI=1S/C10H21NOS/c1-8-4-5-11(6-7-13-8)9(2)10(3)12/h8-10,12H,4-7H2,1-3H3. The molecule has 1 N–H and O–H groups in total. The maximum Gasteiger partial charge on any atom is 0.0664 e. The Morgan fingerprint density at radius 1 is 1.38 bits per heavy atom. The Morgan fingerprint density at radius 3 is 2.69 bits per heavy atom. The Hall–Kier alpha value is 0.270. The molecule has 0 aliphatic carbocycles. The van der Waals surface area contributed by atoms with E-state index >= 15 is 0 Å². The third-order valence-corrected chi connectivity index (χ3v) is 4.10. The minimum absolute atomic E-state index is 0.210. The van der Waals surface area contributed by atoms with E-state index < -0.39 is 0 Å². The van der Waals surface area contributed by atoms with Crippen molar-refractivity contribution in [2.24, 2.45) is 0 Å². The lowest BCUT2D eigenvalue weighted by Gasteiger charge is -2.29. The van der Waals surface area contributed by atoms with Gasteiger partial charge in [0, 0.05) is 23.6 Å². The molecule has 1 fully saturated rings. The molecule has 0 amide bonds. The van der Waals surface area contributed by atoms with Gasteiger partial charge in [-0.05, 0) is 26.8 Å². The molecule has 2 nitrogen and oxygen atoms in total.